The highest BCUT2D eigenvalue weighted by molar-refractivity contribution is 6.00. The van der Waals surface area contributed by atoms with Crippen LogP contribution in [0.1, 0.15) is 84.7 Å². The summed E-state index contributed by atoms with van der Waals surface area (Å²) in [6, 6.07) is 15.7. The SMILES string of the molecule is CC(C)CCN[C@H]1c2ccccc2C(=O)N1CCN1C(=O)c2ccccc2[C@@H]1NCCC(C)C. The molecule has 182 valence electrons. The second-order valence-corrected chi connectivity index (χ2v) is 10.2. The summed E-state index contributed by atoms with van der Waals surface area (Å²) in [5.74, 6) is 1.25. The number of fused-ring (bicyclic) bond motifs is 2. The number of carbonyl (C=O) groups excluding carboxylic acids is 2. The first-order chi connectivity index (χ1) is 16.4. The monoisotopic (exact) mass is 462 g/mol. The summed E-state index contributed by atoms with van der Waals surface area (Å²) < 4.78 is 0. The van der Waals surface area contributed by atoms with Crippen molar-refractivity contribution in [2.75, 3.05) is 26.2 Å². The number of benzene rings is 2. The number of carbonyl (C=O) groups is 2. The van der Waals surface area contributed by atoms with Crippen molar-refractivity contribution in [3.8, 4) is 0 Å². The quantitative estimate of drug-likeness (QED) is 0.514. The second kappa shape index (κ2) is 10.7. The summed E-state index contributed by atoms with van der Waals surface area (Å²) in [5, 5.41) is 7.19. The number of hydrogen-bond donors (Lipinski definition) is 2. The van der Waals surface area contributed by atoms with Crippen molar-refractivity contribution in [3.63, 3.8) is 0 Å². The lowest BCUT2D eigenvalue weighted by Gasteiger charge is -2.31. The van der Waals surface area contributed by atoms with Crippen molar-refractivity contribution in [2.24, 2.45) is 11.8 Å². The van der Waals surface area contributed by atoms with E-state index in [0.29, 0.717) is 24.9 Å². The van der Waals surface area contributed by atoms with Gasteiger partial charge in [-0.15, -0.1) is 0 Å². The zero-order valence-corrected chi connectivity index (χ0v) is 20.9. The molecule has 2 aromatic rings. The van der Waals surface area contributed by atoms with Gasteiger partial charge in [0, 0.05) is 35.3 Å². The van der Waals surface area contributed by atoms with Gasteiger partial charge in [-0.05, 0) is 49.9 Å². The number of nitrogens with one attached hydrogen (secondary N) is 2. The lowest BCUT2D eigenvalue weighted by molar-refractivity contribution is 0.0561. The Morgan fingerprint density at radius 2 is 1.06 bits per heavy atom. The predicted molar refractivity (Wildman–Crippen MR) is 135 cm³/mol. The van der Waals surface area contributed by atoms with Crippen LogP contribution in [0.4, 0.5) is 0 Å². The molecule has 2 atom stereocenters. The molecule has 6 heteroatoms. The Morgan fingerprint density at radius 3 is 1.44 bits per heavy atom. The maximum absolute atomic E-state index is 13.3. The molecule has 0 saturated heterocycles. The van der Waals surface area contributed by atoms with E-state index in [1.54, 1.807) is 0 Å². The molecule has 2 aromatic carbocycles. The van der Waals surface area contributed by atoms with E-state index in [1.165, 1.54) is 0 Å². The van der Waals surface area contributed by atoms with Gasteiger partial charge in [0.25, 0.3) is 11.8 Å². The topological polar surface area (TPSA) is 64.7 Å². The van der Waals surface area contributed by atoms with Crippen LogP contribution in [-0.2, 0) is 0 Å². The maximum Gasteiger partial charge on any atom is 0.255 e. The Bertz CT molecular complexity index is 937. The predicted octanol–water partition coefficient (Wildman–Crippen LogP) is 4.57. The Hall–Kier alpha value is -2.70. The lowest BCUT2D eigenvalue weighted by atomic mass is 10.1. The molecular weight excluding hydrogens is 424 g/mol. The molecule has 2 amide bonds. The van der Waals surface area contributed by atoms with Crippen LogP contribution in [0.15, 0.2) is 48.5 Å². The van der Waals surface area contributed by atoms with Crippen molar-refractivity contribution in [3.05, 3.63) is 70.8 Å². The molecular formula is C28H38N4O2. The Morgan fingerprint density at radius 1 is 0.676 bits per heavy atom. The summed E-state index contributed by atoms with van der Waals surface area (Å²) in [6.07, 6.45) is 1.77. The lowest BCUT2D eigenvalue weighted by Crippen LogP contribution is -2.45. The van der Waals surface area contributed by atoms with E-state index in [0.717, 1.165) is 48.2 Å². The molecule has 0 unspecified atom stereocenters. The van der Waals surface area contributed by atoms with Gasteiger partial charge in [-0.2, -0.15) is 0 Å². The van der Waals surface area contributed by atoms with Crippen LogP contribution in [-0.4, -0.2) is 47.8 Å². The van der Waals surface area contributed by atoms with E-state index in [4.69, 9.17) is 0 Å². The van der Waals surface area contributed by atoms with Crippen LogP contribution in [0.2, 0.25) is 0 Å². The average molecular weight is 463 g/mol. The highest BCUT2D eigenvalue weighted by Crippen LogP contribution is 2.34. The van der Waals surface area contributed by atoms with Gasteiger partial charge in [0.05, 0.1) is 0 Å². The molecule has 2 heterocycles. The third-order valence-corrected chi connectivity index (χ3v) is 6.82. The summed E-state index contributed by atoms with van der Waals surface area (Å²) in [5.41, 5.74) is 3.57. The van der Waals surface area contributed by atoms with E-state index in [9.17, 15) is 9.59 Å². The molecule has 0 radical (unpaired) electrons. The van der Waals surface area contributed by atoms with Gasteiger partial charge in [-0.25, -0.2) is 0 Å². The third-order valence-electron chi connectivity index (χ3n) is 6.82. The Kier molecular flexibility index (Phi) is 7.69. The fourth-order valence-electron chi connectivity index (χ4n) is 4.87. The normalized spacial score (nSPS) is 19.5. The molecule has 2 N–H and O–H groups in total. The highest BCUT2D eigenvalue weighted by Gasteiger charge is 2.39. The summed E-state index contributed by atoms with van der Waals surface area (Å²) in [6.45, 7) is 11.5. The van der Waals surface area contributed by atoms with Crippen molar-refractivity contribution in [2.45, 2.75) is 52.9 Å². The van der Waals surface area contributed by atoms with Crippen LogP contribution in [0, 0.1) is 11.8 Å². The van der Waals surface area contributed by atoms with Gasteiger partial charge in [0.2, 0.25) is 0 Å². The molecule has 34 heavy (non-hydrogen) atoms. The standard InChI is InChI=1S/C28H38N4O2/c1-19(2)13-15-29-25-21-9-5-7-11-23(21)27(33)31(25)17-18-32-26(30-16-14-20(3)4)22-10-6-8-12-24(22)28(32)34/h5-12,19-20,25-26,29-30H,13-18H2,1-4H3/t25-,26-/m1/s1. The average Bonchev–Trinajstić information content (AvgIpc) is 3.23. The number of nitrogens with zero attached hydrogens (tertiary/aromatic N) is 2. The molecule has 2 aliphatic heterocycles. The van der Waals surface area contributed by atoms with E-state index < -0.39 is 0 Å². The van der Waals surface area contributed by atoms with Gasteiger partial charge < -0.3 is 9.80 Å². The van der Waals surface area contributed by atoms with Gasteiger partial charge in [0.1, 0.15) is 12.3 Å². The van der Waals surface area contributed by atoms with Crippen LogP contribution in [0.5, 0.6) is 0 Å². The molecule has 0 saturated carbocycles. The first-order valence-electron chi connectivity index (χ1n) is 12.6. The molecule has 0 spiro atoms. The van der Waals surface area contributed by atoms with Crippen molar-refractivity contribution >= 4 is 11.8 Å². The largest absolute Gasteiger partial charge is 0.317 e. The van der Waals surface area contributed by atoms with Crippen LogP contribution >= 0.6 is 0 Å². The number of hydrogen-bond acceptors (Lipinski definition) is 4. The molecule has 4 rings (SSSR count). The number of amides is 2. The summed E-state index contributed by atoms with van der Waals surface area (Å²) >= 11 is 0. The highest BCUT2D eigenvalue weighted by atomic mass is 16.2. The molecule has 0 aliphatic carbocycles. The first-order valence-corrected chi connectivity index (χ1v) is 12.6. The van der Waals surface area contributed by atoms with Crippen LogP contribution in [0.3, 0.4) is 0 Å². The fourth-order valence-corrected chi connectivity index (χ4v) is 4.87. The first kappa shape index (κ1) is 24.4. The van der Waals surface area contributed by atoms with Crippen molar-refractivity contribution in [1.29, 1.82) is 0 Å². The van der Waals surface area contributed by atoms with Gasteiger partial charge in [0.15, 0.2) is 0 Å². The smallest absolute Gasteiger partial charge is 0.255 e. The van der Waals surface area contributed by atoms with Gasteiger partial charge >= 0.3 is 0 Å². The van der Waals surface area contributed by atoms with E-state index in [1.807, 2.05) is 58.3 Å². The van der Waals surface area contributed by atoms with Crippen LogP contribution in [0.25, 0.3) is 0 Å². The minimum Gasteiger partial charge on any atom is -0.317 e. The van der Waals surface area contributed by atoms with E-state index in [2.05, 4.69) is 38.3 Å². The fraction of sp³-hybridized carbons (Fsp3) is 0.500. The second-order valence-electron chi connectivity index (χ2n) is 10.2. The van der Waals surface area contributed by atoms with Gasteiger partial charge in [-0.3, -0.25) is 20.2 Å². The Balaban J connectivity index is 1.50. The van der Waals surface area contributed by atoms with Crippen LogP contribution < -0.4 is 10.6 Å². The van der Waals surface area contributed by atoms with E-state index >= 15 is 0 Å². The van der Waals surface area contributed by atoms with E-state index in [-0.39, 0.29) is 24.1 Å². The molecule has 0 fully saturated rings. The molecule has 0 bridgehead atoms. The van der Waals surface area contributed by atoms with Crippen molar-refractivity contribution < 1.29 is 9.59 Å². The Labute approximate surface area is 203 Å². The number of rotatable bonds is 11. The van der Waals surface area contributed by atoms with Crippen molar-refractivity contribution in [1.82, 2.24) is 20.4 Å². The minimum absolute atomic E-state index is 0.0334. The molecule has 0 aromatic heterocycles. The zero-order valence-electron chi connectivity index (χ0n) is 20.9. The summed E-state index contributed by atoms with van der Waals surface area (Å²) in [7, 11) is 0. The van der Waals surface area contributed by atoms with Gasteiger partial charge in [-0.1, -0.05) is 64.1 Å². The third kappa shape index (κ3) is 5.03. The molecule has 2 aliphatic rings. The molecule has 6 nitrogen and oxygen atoms in total. The summed E-state index contributed by atoms with van der Waals surface area (Å²) in [4.78, 5) is 30.4. The minimum atomic E-state index is -0.158. The zero-order chi connectivity index (χ0) is 24.2. The maximum atomic E-state index is 13.3.